The molecule has 0 aliphatic rings. The molecular weight excluding hydrogens is 256 g/mol. The Morgan fingerprint density at radius 1 is 1.50 bits per heavy atom. The molecule has 0 aromatic carbocycles. The van der Waals surface area contributed by atoms with E-state index in [-0.39, 0.29) is 4.32 Å². The summed E-state index contributed by atoms with van der Waals surface area (Å²) in [7, 11) is 0. The zero-order valence-electron chi connectivity index (χ0n) is 6.82. The smallest absolute Gasteiger partial charge is 0.0354 e. The second kappa shape index (κ2) is 4.76. The minimum absolute atomic E-state index is 0.225. The summed E-state index contributed by atoms with van der Waals surface area (Å²) in [5.41, 5.74) is 0. The fraction of sp³-hybridized carbons (Fsp3) is 0.875. The van der Waals surface area contributed by atoms with Crippen LogP contribution in [0.4, 0.5) is 0 Å². The molecule has 2 atom stereocenters. The molecule has 0 bridgehead atoms. The quantitative estimate of drug-likeness (QED) is 0.679. The molecule has 0 amide bonds. The van der Waals surface area contributed by atoms with Crippen LogP contribution in [-0.4, -0.2) is 9.15 Å². The standard InChI is InChI=1S/C8H15Br2/c1-4-6-7(9)8(3,10)5-2/h6-7H,4-5H2,1-3H3. The Kier molecular flexibility index (Phi) is 5.22. The van der Waals surface area contributed by atoms with Gasteiger partial charge < -0.3 is 0 Å². The summed E-state index contributed by atoms with van der Waals surface area (Å²) in [5, 5.41) is 0. The van der Waals surface area contributed by atoms with Crippen molar-refractivity contribution in [1.82, 2.24) is 0 Å². The van der Waals surface area contributed by atoms with Gasteiger partial charge in [0.05, 0.1) is 0 Å². The van der Waals surface area contributed by atoms with Crippen molar-refractivity contribution in [2.75, 3.05) is 0 Å². The van der Waals surface area contributed by atoms with Crippen molar-refractivity contribution in [3.8, 4) is 0 Å². The van der Waals surface area contributed by atoms with E-state index in [2.05, 4.69) is 59.1 Å². The van der Waals surface area contributed by atoms with Gasteiger partial charge in [0.25, 0.3) is 0 Å². The van der Waals surface area contributed by atoms with E-state index in [0.29, 0.717) is 4.83 Å². The van der Waals surface area contributed by atoms with Crippen molar-refractivity contribution in [3.05, 3.63) is 6.42 Å². The van der Waals surface area contributed by atoms with Crippen molar-refractivity contribution >= 4 is 31.9 Å². The molecule has 0 saturated heterocycles. The maximum atomic E-state index is 3.67. The summed E-state index contributed by atoms with van der Waals surface area (Å²) in [6.07, 6.45) is 4.54. The fourth-order valence-corrected chi connectivity index (χ4v) is 1.53. The highest BCUT2D eigenvalue weighted by atomic mass is 79.9. The number of hydrogen-bond acceptors (Lipinski definition) is 0. The molecule has 0 rings (SSSR count). The van der Waals surface area contributed by atoms with Crippen LogP contribution in [0.1, 0.15) is 33.6 Å². The minimum Gasteiger partial charge on any atom is -0.0872 e. The maximum Gasteiger partial charge on any atom is 0.0354 e. The van der Waals surface area contributed by atoms with E-state index in [1.54, 1.807) is 0 Å². The van der Waals surface area contributed by atoms with Gasteiger partial charge in [-0.2, -0.15) is 0 Å². The number of alkyl halides is 2. The lowest BCUT2D eigenvalue weighted by molar-refractivity contribution is 0.634. The Hall–Kier alpha value is 0.960. The van der Waals surface area contributed by atoms with Crippen molar-refractivity contribution in [2.24, 2.45) is 0 Å². The number of rotatable bonds is 4. The van der Waals surface area contributed by atoms with Crippen LogP contribution in [0.15, 0.2) is 0 Å². The van der Waals surface area contributed by atoms with Crippen molar-refractivity contribution in [2.45, 2.75) is 42.8 Å². The van der Waals surface area contributed by atoms with E-state index in [4.69, 9.17) is 0 Å². The van der Waals surface area contributed by atoms with E-state index in [0.717, 1.165) is 12.8 Å². The molecule has 0 fully saturated rings. The van der Waals surface area contributed by atoms with Gasteiger partial charge in [-0.25, -0.2) is 0 Å². The monoisotopic (exact) mass is 269 g/mol. The van der Waals surface area contributed by atoms with Gasteiger partial charge in [0.15, 0.2) is 0 Å². The zero-order chi connectivity index (χ0) is 8.20. The third-order valence-electron chi connectivity index (χ3n) is 1.71. The lowest BCUT2D eigenvalue weighted by atomic mass is 10.0. The van der Waals surface area contributed by atoms with Gasteiger partial charge in [0, 0.05) is 9.15 Å². The molecule has 0 nitrogen and oxygen atoms in total. The number of hydrogen-bond donors (Lipinski definition) is 0. The molecule has 0 spiro atoms. The van der Waals surface area contributed by atoms with E-state index < -0.39 is 0 Å². The van der Waals surface area contributed by atoms with Gasteiger partial charge in [-0.1, -0.05) is 52.1 Å². The maximum absolute atomic E-state index is 3.67. The van der Waals surface area contributed by atoms with Gasteiger partial charge in [0.1, 0.15) is 0 Å². The van der Waals surface area contributed by atoms with Gasteiger partial charge >= 0.3 is 0 Å². The first-order chi connectivity index (χ1) is 4.54. The van der Waals surface area contributed by atoms with Gasteiger partial charge in [-0.15, -0.1) is 0 Å². The molecule has 2 unspecified atom stereocenters. The van der Waals surface area contributed by atoms with Crippen LogP contribution in [-0.2, 0) is 0 Å². The van der Waals surface area contributed by atoms with Gasteiger partial charge in [-0.05, 0) is 19.8 Å². The third-order valence-corrected chi connectivity index (χ3v) is 4.76. The predicted octanol–water partition coefficient (Wildman–Crippen LogP) is 3.93. The third kappa shape index (κ3) is 3.38. The molecule has 0 aromatic rings. The van der Waals surface area contributed by atoms with E-state index in [1.807, 2.05) is 0 Å². The molecule has 0 aromatic heterocycles. The number of halogens is 2. The molecule has 1 radical (unpaired) electrons. The van der Waals surface area contributed by atoms with Crippen LogP contribution in [0.2, 0.25) is 0 Å². The summed E-state index contributed by atoms with van der Waals surface area (Å²) >= 11 is 7.29. The fourth-order valence-electron chi connectivity index (χ4n) is 0.648. The van der Waals surface area contributed by atoms with Crippen LogP contribution in [0, 0.1) is 6.42 Å². The molecule has 0 N–H and O–H groups in total. The second-order valence-corrected chi connectivity index (χ2v) is 5.48. The molecule has 0 aliphatic heterocycles. The first-order valence-electron chi connectivity index (χ1n) is 3.71. The van der Waals surface area contributed by atoms with Crippen molar-refractivity contribution in [3.63, 3.8) is 0 Å². The van der Waals surface area contributed by atoms with Crippen LogP contribution in [0.3, 0.4) is 0 Å². The molecule has 61 valence electrons. The Labute approximate surface area is 81.0 Å². The minimum atomic E-state index is 0.225. The first kappa shape index (κ1) is 11.0. The Balaban J connectivity index is 3.78. The highest BCUT2D eigenvalue weighted by Gasteiger charge is 2.26. The van der Waals surface area contributed by atoms with Crippen LogP contribution in [0.25, 0.3) is 0 Å². The summed E-state index contributed by atoms with van der Waals surface area (Å²) in [4.78, 5) is 0.481. The topological polar surface area (TPSA) is 0 Å². The van der Waals surface area contributed by atoms with E-state index >= 15 is 0 Å². The summed E-state index contributed by atoms with van der Waals surface area (Å²) in [5.74, 6) is 0. The largest absolute Gasteiger partial charge is 0.0872 e. The zero-order valence-corrected chi connectivity index (χ0v) is 10.00. The molecular formula is C8H15Br2. The summed E-state index contributed by atoms with van der Waals surface area (Å²) in [6.45, 7) is 6.55. The average molecular weight is 271 g/mol. The highest BCUT2D eigenvalue weighted by molar-refractivity contribution is 9.12. The van der Waals surface area contributed by atoms with E-state index in [9.17, 15) is 0 Å². The molecule has 10 heavy (non-hydrogen) atoms. The highest BCUT2D eigenvalue weighted by Crippen LogP contribution is 2.32. The van der Waals surface area contributed by atoms with Crippen molar-refractivity contribution < 1.29 is 0 Å². The Bertz CT molecular complexity index is 89.3. The van der Waals surface area contributed by atoms with Crippen LogP contribution in [0.5, 0.6) is 0 Å². The molecule has 0 saturated carbocycles. The lowest BCUT2D eigenvalue weighted by Crippen LogP contribution is -2.27. The van der Waals surface area contributed by atoms with Crippen molar-refractivity contribution in [1.29, 1.82) is 0 Å². The summed E-state index contributed by atoms with van der Waals surface area (Å²) < 4.78 is 0.225. The summed E-state index contributed by atoms with van der Waals surface area (Å²) in [6, 6.07) is 0. The normalized spacial score (nSPS) is 20.1. The Morgan fingerprint density at radius 3 is 2.30 bits per heavy atom. The van der Waals surface area contributed by atoms with Gasteiger partial charge in [0.2, 0.25) is 0 Å². The SMILES string of the molecule is CC[CH]C(Br)C(C)(Br)CC. The van der Waals surface area contributed by atoms with E-state index in [1.165, 1.54) is 0 Å². The lowest BCUT2D eigenvalue weighted by Gasteiger charge is -2.26. The van der Waals surface area contributed by atoms with Gasteiger partial charge in [-0.3, -0.25) is 0 Å². The first-order valence-corrected chi connectivity index (χ1v) is 5.41. The molecule has 2 heteroatoms. The molecule has 0 heterocycles. The molecule has 0 aliphatic carbocycles. The second-order valence-electron chi connectivity index (χ2n) is 2.68. The van der Waals surface area contributed by atoms with Crippen LogP contribution >= 0.6 is 31.9 Å². The average Bonchev–Trinajstić information content (AvgIpc) is 1.89. The Morgan fingerprint density at radius 2 is 2.00 bits per heavy atom. The van der Waals surface area contributed by atoms with Crippen LogP contribution < -0.4 is 0 Å². The predicted molar refractivity (Wildman–Crippen MR) is 54.9 cm³/mol.